The van der Waals surface area contributed by atoms with E-state index in [0.717, 1.165) is 11.1 Å². The number of aromatic nitrogens is 3. The van der Waals surface area contributed by atoms with Crippen LogP contribution in [0.1, 0.15) is 11.1 Å². The number of halogens is 3. The van der Waals surface area contributed by atoms with Crippen LogP contribution in [0.15, 0.2) is 76.8 Å². The highest BCUT2D eigenvalue weighted by atomic mass is 32.2. The number of nitrogens with zero attached hydrogens (tertiary/aromatic N) is 3. The van der Waals surface area contributed by atoms with Gasteiger partial charge < -0.3 is 4.74 Å². The van der Waals surface area contributed by atoms with Gasteiger partial charge in [0.25, 0.3) is 5.56 Å². The van der Waals surface area contributed by atoms with Crippen LogP contribution >= 0.6 is 11.8 Å². The molecule has 158 valence electrons. The molecule has 0 radical (unpaired) electrons. The lowest BCUT2D eigenvalue weighted by Gasteiger charge is -2.13. The Hall–Kier alpha value is -3.33. The molecule has 2 heterocycles. The molecule has 0 fully saturated rings. The summed E-state index contributed by atoms with van der Waals surface area (Å²) in [6, 6.07) is 16.3. The normalized spacial score (nSPS) is 11.6. The van der Waals surface area contributed by atoms with E-state index in [1.54, 1.807) is 48.7 Å². The van der Waals surface area contributed by atoms with Crippen LogP contribution < -0.4 is 10.3 Å². The second-order valence-corrected chi connectivity index (χ2v) is 7.67. The smallest absolute Gasteiger partial charge is 0.406 e. The highest BCUT2D eigenvalue weighted by Gasteiger charge is 2.30. The number of aryl methyl sites for hydroxylation is 1. The highest BCUT2D eigenvalue weighted by molar-refractivity contribution is 7.98. The summed E-state index contributed by atoms with van der Waals surface area (Å²) in [6.07, 6.45) is -3.11. The SMILES string of the molecule is Cc1ccnc(-n2c(SCc3ccc(OC(F)(F)F)cc3)nc3ccccc3c2=O)c1. The molecule has 0 aliphatic heterocycles. The summed E-state index contributed by atoms with van der Waals surface area (Å²) in [7, 11) is 0. The van der Waals surface area contributed by atoms with Gasteiger partial charge in [-0.1, -0.05) is 36.0 Å². The molecule has 0 saturated carbocycles. The van der Waals surface area contributed by atoms with Gasteiger partial charge in [0.1, 0.15) is 11.6 Å². The zero-order valence-electron chi connectivity index (χ0n) is 16.3. The average Bonchev–Trinajstić information content (AvgIpc) is 2.72. The Kier molecular flexibility index (Phi) is 5.69. The van der Waals surface area contributed by atoms with Gasteiger partial charge in [-0.25, -0.2) is 14.5 Å². The third-order valence-electron chi connectivity index (χ3n) is 4.40. The summed E-state index contributed by atoms with van der Waals surface area (Å²) in [5.41, 5.74) is 2.03. The fourth-order valence-corrected chi connectivity index (χ4v) is 3.95. The van der Waals surface area contributed by atoms with Crippen molar-refractivity contribution in [3.8, 4) is 11.6 Å². The number of rotatable bonds is 5. The first-order chi connectivity index (χ1) is 14.8. The topological polar surface area (TPSA) is 57.0 Å². The fraction of sp³-hybridized carbons (Fsp3) is 0.136. The van der Waals surface area contributed by atoms with Gasteiger partial charge in [0, 0.05) is 11.9 Å². The first-order valence-corrected chi connectivity index (χ1v) is 10.2. The van der Waals surface area contributed by atoms with Crippen molar-refractivity contribution in [2.75, 3.05) is 0 Å². The van der Waals surface area contributed by atoms with Gasteiger partial charge in [0.2, 0.25) is 0 Å². The van der Waals surface area contributed by atoms with E-state index in [-0.39, 0.29) is 11.3 Å². The van der Waals surface area contributed by atoms with Crippen molar-refractivity contribution in [1.82, 2.24) is 14.5 Å². The van der Waals surface area contributed by atoms with Gasteiger partial charge in [-0.2, -0.15) is 0 Å². The minimum absolute atomic E-state index is 0.236. The van der Waals surface area contributed by atoms with E-state index in [1.165, 1.54) is 28.5 Å². The zero-order valence-corrected chi connectivity index (χ0v) is 17.1. The Morgan fingerprint density at radius 3 is 2.52 bits per heavy atom. The molecule has 31 heavy (non-hydrogen) atoms. The van der Waals surface area contributed by atoms with Gasteiger partial charge in [-0.05, 0) is 54.4 Å². The summed E-state index contributed by atoms with van der Waals surface area (Å²) in [6.45, 7) is 1.90. The van der Waals surface area contributed by atoms with Crippen molar-refractivity contribution in [2.45, 2.75) is 24.2 Å². The molecule has 0 N–H and O–H groups in total. The molecule has 4 aromatic rings. The van der Waals surface area contributed by atoms with Crippen LogP contribution in [0.3, 0.4) is 0 Å². The van der Waals surface area contributed by atoms with Crippen LogP contribution in [0.2, 0.25) is 0 Å². The van der Waals surface area contributed by atoms with E-state index in [0.29, 0.717) is 27.6 Å². The third-order valence-corrected chi connectivity index (χ3v) is 5.41. The summed E-state index contributed by atoms with van der Waals surface area (Å²) < 4.78 is 42.4. The predicted molar refractivity (Wildman–Crippen MR) is 113 cm³/mol. The maximum Gasteiger partial charge on any atom is 0.573 e. The van der Waals surface area contributed by atoms with Crippen molar-refractivity contribution >= 4 is 22.7 Å². The lowest BCUT2D eigenvalue weighted by Crippen LogP contribution is -2.22. The van der Waals surface area contributed by atoms with Crippen molar-refractivity contribution in [1.29, 1.82) is 0 Å². The summed E-state index contributed by atoms with van der Waals surface area (Å²) in [5.74, 6) is 0.564. The summed E-state index contributed by atoms with van der Waals surface area (Å²) in [4.78, 5) is 22.2. The Labute approximate surface area is 179 Å². The second-order valence-electron chi connectivity index (χ2n) is 6.72. The van der Waals surface area contributed by atoms with E-state index < -0.39 is 6.36 Å². The van der Waals surface area contributed by atoms with E-state index in [1.807, 2.05) is 13.0 Å². The number of thioether (sulfide) groups is 1. The van der Waals surface area contributed by atoms with Crippen LogP contribution in [0.5, 0.6) is 5.75 Å². The molecule has 0 aliphatic rings. The van der Waals surface area contributed by atoms with E-state index in [9.17, 15) is 18.0 Å². The van der Waals surface area contributed by atoms with E-state index in [2.05, 4.69) is 14.7 Å². The van der Waals surface area contributed by atoms with Crippen LogP contribution in [0.25, 0.3) is 16.7 Å². The highest BCUT2D eigenvalue weighted by Crippen LogP contribution is 2.27. The van der Waals surface area contributed by atoms with Crippen LogP contribution in [0.4, 0.5) is 13.2 Å². The van der Waals surface area contributed by atoms with E-state index in [4.69, 9.17) is 0 Å². The maximum absolute atomic E-state index is 13.2. The van der Waals surface area contributed by atoms with Crippen molar-refractivity contribution < 1.29 is 17.9 Å². The lowest BCUT2D eigenvalue weighted by atomic mass is 10.2. The zero-order chi connectivity index (χ0) is 22.0. The monoisotopic (exact) mass is 443 g/mol. The molecule has 0 spiro atoms. The Morgan fingerprint density at radius 2 is 1.81 bits per heavy atom. The number of ether oxygens (including phenoxy) is 1. The molecular weight excluding hydrogens is 427 g/mol. The molecule has 4 rings (SSSR count). The number of fused-ring (bicyclic) bond motifs is 1. The molecule has 2 aromatic heterocycles. The Bertz CT molecular complexity index is 1290. The summed E-state index contributed by atoms with van der Waals surface area (Å²) in [5, 5.41) is 0.918. The number of alkyl halides is 3. The number of hydrogen-bond acceptors (Lipinski definition) is 5. The molecule has 9 heteroatoms. The molecule has 0 amide bonds. The van der Waals surface area contributed by atoms with Crippen LogP contribution in [0, 0.1) is 6.92 Å². The molecule has 2 aromatic carbocycles. The lowest BCUT2D eigenvalue weighted by molar-refractivity contribution is -0.274. The fourth-order valence-electron chi connectivity index (χ4n) is 2.99. The third kappa shape index (κ3) is 4.88. The van der Waals surface area contributed by atoms with Gasteiger partial charge >= 0.3 is 6.36 Å². The van der Waals surface area contributed by atoms with Crippen molar-refractivity contribution in [3.63, 3.8) is 0 Å². The van der Waals surface area contributed by atoms with Gasteiger partial charge in [-0.15, -0.1) is 13.2 Å². The van der Waals surface area contributed by atoms with Gasteiger partial charge in [0.05, 0.1) is 10.9 Å². The molecule has 5 nitrogen and oxygen atoms in total. The molecule has 0 bridgehead atoms. The van der Waals surface area contributed by atoms with Crippen LogP contribution in [-0.2, 0) is 5.75 Å². The van der Waals surface area contributed by atoms with E-state index >= 15 is 0 Å². The number of benzene rings is 2. The van der Waals surface area contributed by atoms with Crippen molar-refractivity contribution in [3.05, 3.63) is 88.3 Å². The van der Waals surface area contributed by atoms with Crippen molar-refractivity contribution in [2.24, 2.45) is 0 Å². The average molecular weight is 443 g/mol. The first kappa shape index (κ1) is 20.9. The molecule has 0 aliphatic carbocycles. The largest absolute Gasteiger partial charge is 0.573 e. The van der Waals surface area contributed by atoms with Gasteiger partial charge in [-0.3, -0.25) is 4.79 Å². The minimum atomic E-state index is -4.73. The van der Waals surface area contributed by atoms with Crippen LogP contribution in [-0.4, -0.2) is 20.9 Å². The Balaban J connectivity index is 1.68. The molecule has 0 unspecified atom stereocenters. The second kappa shape index (κ2) is 8.43. The van der Waals surface area contributed by atoms with Gasteiger partial charge in [0.15, 0.2) is 5.16 Å². The molecule has 0 atom stereocenters. The first-order valence-electron chi connectivity index (χ1n) is 9.22. The number of pyridine rings is 1. The molecule has 0 saturated heterocycles. The quantitative estimate of drug-likeness (QED) is 0.310. The predicted octanol–water partition coefficient (Wildman–Crippen LogP) is 5.28. The number of para-hydroxylation sites is 1. The number of hydrogen-bond donors (Lipinski definition) is 0. The Morgan fingerprint density at radius 1 is 1.06 bits per heavy atom. The standard InChI is InChI=1S/C22H16F3N3O2S/c1-14-10-11-26-19(12-14)28-20(29)17-4-2-3-5-18(17)27-21(28)31-13-15-6-8-16(9-7-15)30-22(23,24)25/h2-12H,13H2,1H3. The molecular formula is C22H16F3N3O2S. The minimum Gasteiger partial charge on any atom is -0.406 e. The maximum atomic E-state index is 13.2. The summed E-state index contributed by atoms with van der Waals surface area (Å²) >= 11 is 1.30.